The molecular weight excluding hydrogens is 282 g/mol. The molecule has 2 atom stereocenters. The van der Waals surface area contributed by atoms with Gasteiger partial charge in [-0.3, -0.25) is 4.90 Å². The van der Waals surface area contributed by atoms with Crippen LogP contribution in [0.4, 0.5) is 5.69 Å². The summed E-state index contributed by atoms with van der Waals surface area (Å²) >= 11 is 6.31. The minimum absolute atomic E-state index is 0.361. The third-order valence-corrected chi connectivity index (χ3v) is 5.33. The number of rotatable bonds is 2. The highest BCUT2D eigenvalue weighted by Gasteiger charge is 2.29. The summed E-state index contributed by atoms with van der Waals surface area (Å²) < 4.78 is 0. The van der Waals surface area contributed by atoms with E-state index in [1.807, 2.05) is 12.1 Å². The molecule has 2 unspecified atom stereocenters. The summed E-state index contributed by atoms with van der Waals surface area (Å²) in [5.74, 6) is 0. The average molecular weight is 308 g/mol. The van der Waals surface area contributed by atoms with E-state index < -0.39 is 0 Å². The van der Waals surface area contributed by atoms with Crippen molar-refractivity contribution in [1.29, 1.82) is 0 Å². The van der Waals surface area contributed by atoms with Crippen molar-refractivity contribution in [3.05, 3.63) is 29.3 Å². The number of anilines is 1. The van der Waals surface area contributed by atoms with E-state index in [-0.39, 0.29) is 0 Å². The molecule has 2 aliphatic rings. The molecule has 0 radical (unpaired) electrons. The molecule has 2 N–H and O–H groups in total. The third kappa shape index (κ3) is 3.53. The highest BCUT2D eigenvalue weighted by molar-refractivity contribution is 6.33. The third-order valence-electron chi connectivity index (χ3n) is 5.01. The number of hydrogen-bond donors (Lipinski definition) is 1. The van der Waals surface area contributed by atoms with Gasteiger partial charge in [-0.2, -0.15) is 0 Å². The van der Waals surface area contributed by atoms with E-state index in [4.69, 9.17) is 17.3 Å². The van der Waals surface area contributed by atoms with Crippen LogP contribution in [0.2, 0.25) is 5.02 Å². The molecule has 1 heterocycles. The van der Waals surface area contributed by atoms with E-state index >= 15 is 0 Å². The number of hydrogen-bond acceptors (Lipinski definition) is 3. The van der Waals surface area contributed by atoms with Crippen molar-refractivity contribution in [3.63, 3.8) is 0 Å². The molecule has 0 spiro atoms. The normalized spacial score (nSPS) is 28.4. The fourth-order valence-corrected chi connectivity index (χ4v) is 4.03. The number of piperazine rings is 1. The Labute approximate surface area is 133 Å². The lowest BCUT2D eigenvalue weighted by molar-refractivity contribution is 0.154. The number of para-hydroxylation sites is 1. The second-order valence-electron chi connectivity index (χ2n) is 6.34. The summed E-state index contributed by atoms with van der Waals surface area (Å²) in [6, 6.07) is 9.10. The zero-order valence-electron chi connectivity index (χ0n) is 12.7. The predicted molar refractivity (Wildman–Crippen MR) is 90.1 cm³/mol. The van der Waals surface area contributed by atoms with Gasteiger partial charge in [-0.15, -0.1) is 0 Å². The van der Waals surface area contributed by atoms with Crippen LogP contribution >= 0.6 is 11.6 Å². The highest BCUT2D eigenvalue weighted by atomic mass is 35.5. The maximum absolute atomic E-state index is 6.40. The molecule has 116 valence electrons. The largest absolute Gasteiger partial charge is 0.368 e. The van der Waals surface area contributed by atoms with E-state index in [0.29, 0.717) is 12.1 Å². The van der Waals surface area contributed by atoms with Gasteiger partial charge in [-0.25, -0.2) is 0 Å². The van der Waals surface area contributed by atoms with Gasteiger partial charge >= 0.3 is 0 Å². The van der Waals surface area contributed by atoms with Crippen molar-refractivity contribution in [1.82, 2.24) is 4.90 Å². The Morgan fingerprint density at radius 1 is 0.952 bits per heavy atom. The van der Waals surface area contributed by atoms with E-state index in [2.05, 4.69) is 21.9 Å². The van der Waals surface area contributed by atoms with E-state index in [1.165, 1.54) is 37.8 Å². The summed E-state index contributed by atoms with van der Waals surface area (Å²) in [5, 5.41) is 0.858. The summed E-state index contributed by atoms with van der Waals surface area (Å²) in [4.78, 5) is 5.02. The molecule has 1 aromatic carbocycles. The minimum atomic E-state index is 0.361. The Bertz CT molecular complexity index is 457. The Balaban J connectivity index is 1.61. The van der Waals surface area contributed by atoms with E-state index in [0.717, 1.165) is 31.2 Å². The molecule has 21 heavy (non-hydrogen) atoms. The molecule has 0 aromatic heterocycles. The Hall–Kier alpha value is -0.770. The van der Waals surface area contributed by atoms with E-state index in [9.17, 15) is 0 Å². The topological polar surface area (TPSA) is 32.5 Å². The summed E-state index contributed by atoms with van der Waals surface area (Å²) in [5.41, 5.74) is 7.57. The first-order chi connectivity index (χ1) is 10.3. The summed E-state index contributed by atoms with van der Waals surface area (Å²) in [7, 11) is 0. The smallest absolute Gasteiger partial charge is 0.0639 e. The molecule has 3 rings (SSSR count). The molecule has 4 heteroatoms. The van der Waals surface area contributed by atoms with Crippen LogP contribution in [-0.2, 0) is 0 Å². The van der Waals surface area contributed by atoms with Crippen molar-refractivity contribution in [2.75, 3.05) is 31.1 Å². The van der Waals surface area contributed by atoms with Gasteiger partial charge in [0, 0.05) is 38.3 Å². The van der Waals surface area contributed by atoms with Crippen LogP contribution in [-0.4, -0.2) is 43.2 Å². The maximum atomic E-state index is 6.40. The standard InChI is InChI=1S/C17H26ClN3/c18-14-6-4-5-8-16(14)20-10-12-21(13-11-20)17-9-3-1-2-7-15(17)19/h4-6,8,15,17H,1-3,7,9-13,19H2. The monoisotopic (exact) mass is 307 g/mol. The fourth-order valence-electron chi connectivity index (χ4n) is 3.77. The number of nitrogens with two attached hydrogens (primary N) is 1. The van der Waals surface area contributed by atoms with Crippen LogP contribution in [0.15, 0.2) is 24.3 Å². The minimum Gasteiger partial charge on any atom is -0.368 e. The van der Waals surface area contributed by atoms with Crippen LogP contribution in [0.25, 0.3) is 0 Å². The lowest BCUT2D eigenvalue weighted by atomic mass is 10.0. The second-order valence-corrected chi connectivity index (χ2v) is 6.75. The molecule has 1 aliphatic heterocycles. The first-order valence-corrected chi connectivity index (χ1v) is 8.62. The number of nitrogens with zero attached hydrogens (tertiary/aromatic N) is 2. The fraction of sp³-hybridized carbons (Fsp3) is 0.647. The first kappa shape index (κ1) is 15.1. The van der Waals surface area contributed by atoms with Crippen LogP contribution in [0, 0.1) is 0 Å². The Morgan fingerprint density at radius 2 is 1.67 bits per heavy atom. The zero-order valence-corrected chi connectivity index (χ0v) is 13.4. The first-order valence-electron chi connectivity index (χ1n) is 8.25. The van der Waals surface area contributed by atoms with Gasteiger partial charge < -0.3 is 10.6 Å². The van der Waals surface area contributed by atoms with Crippen molar-refractivity contribution in [2.24, 2.45) is 5.73 Å². The van der Waals surface area contributed by atoms with Crippen LogP contribution in [0.3, 0.4) is 0 Å². The maximum Gasteiger partial charge on any atom is 0.0639 e. The number of halogens is 1. The molecule has 3 nitrogen and oxygen atoms in total. The second kappa shape index (κ2) is 6.99. The lowest BCUT2D eigenvalue weighted by Crippen LogP contribution is -2.55. The predicted octanol–water partition coefficient (Wildman–Crippen LogP) is 3.12. The van der Waals surface area contributed by atoms with Crippen LogP contribution in [0.5, 0.6) is 0 Å². The summed E-state index contributed by atoms with van der Waals surface area (Å²) in [6.45, 7) is 4.30. The van der Waals surface area contributed by atoms with Gasteiger partial charge in [0.25, 0.3) is 0 Å². The quantitative estimate of drug-likeness (QED) is 0.852. The van der Waals surface area contributed by atoms with Gasteiger partial charge in [-0.05, 0) is 25.0 Å². The molecule has 1 aromatic rings. The molecular formula is C17H26ClN3. The Kier molecular flexibility index (Phi) is 5.04. The van der Waals surface area contributed by atoms with E-state index in [1.54, 1.807) is 0 Å². The Morgan fingerprint density at radius 3 is 2.43 bits per heavy atom. The lowest BCUT2D eigenvalue weighted by Gasteiger charge is -2.42. The van der Waals surface area contributed by atoms with Crippen molar-refractivity contribution < 1.29 is 0 Å². The van der Waals surface area contributed by atoms with Gasteiger partial charge in [0.15, 0.2) is 0 Å². The molecule has 1 saturated carbocycles. The molecule has 1 saturated heterocycles. The molecule has 0 bridgehead atoms. The molecule has 2 fully saturated rings. The summed E-state index contributed by atoms with van der Waals surface area (Å²) in [6.07, 6.45) is 6.45. The van der Waals surface area contributed by atoms with Crippen molar-refractivity contribution >= 4 is 17.3 Å². The van der Waals surface area contributed by atoms with Gasteiger partial charge in [0.1, 0.15) is 0 Å². The molecule has 1 aliphatic carbocycles. The average Bonchev–Trinajstić information content (AvgIpc) is 2.73. The highest BCUT2D eigenvalue weighted by Crippen LogP contribution is 2.28. The van der Waals surface area contributed by atoms with Crippen molar-refractivity contribution in [2.45, 2.75) is 44.2 Å². The zero-order chi connectivity index (χ0) is 14.7. The molecule has 0 amide bonds. The van der Waals surface area contributed by atoms with Gasteiger partial charge in [0.05, 0.1) is 10.7 Å². The van der Waals surface area contributed by atoms with Crippen LogP contribution < -0.4 is 10.6 Å². The van der Waals surface area contributed by atoms with Crippen molar-refractivity contribution in [3.8, 4) is 0 Å². The SMILES string of the molecule is NC1CCCCCC1N1CCN(c2ccccc2Cl)CC1. The van der Waals surface area contributed by atoms with Gasteiger partial charge in [-0.1, -0.05) is 43.0 Å². The van der Waals surface area contributed by atoms with Crippen LogP contribution in [0.1, 0.15) is 32.1 Å². The number of benzene rings is 1. The van der Waals surface area contributed by atoms with Gasteiger partial charge in [0.2, 0.25) is 0 Å².